The maximum absolute atomic E-state index is 12.0. The van der Waals surface area contributed by atoms with E-state index in [1.165, 1.54) is 5.38 Å². The molecule has 0 radical (unpaired) electrons. The fourth-order valence-corrected chi connectivity index (χ4v) is 1.47. The van der Waals surface area contributed by atoms with Crippen molar-refractivity contribution < 1.29 is 18.3 Å². The summed E-state index contributed by atoms with van der Waals surface area (Å²) < 4.78 is 35.9. The molecule has 1 heterocycles. The molecule has 0 saturated carbocycles. The van der Waals surface area contributed by atoms with E-state index in [9.17, 15) is 13.2 Å². The molecule has 0 spiro atoms. The Morgan fingerprint density at radius 2 is 2.09 bits per heavy atom. The Labute approximate surface area is 65.1 Å². The van der Waals surface area contributed by atoms with Gasteiger partial charge in [-0.2, -0.15) is 13.2 Å². The molecule has 1 rings (SSSR count). The predicted molar refractivity (Wildman–Crippen MR) is 35.2 cm³/mol. The number of hydrogen-bond donors (Lipinski definition) is 1. The van der Waals surface area contributed by atoms with Gasteiger partial charge < -0.3 is 5.11 Å². The molecule has 0 bridgehead atoms. The van der Waals surface area contributed by atoms with E-state index in [0.717, 1.165) is 17.4 Å². The average molecular weight is 182 g/mol. The normalized spacial score (nSPS) is 12.0. The summed E-state index contributed by atoms with van der Waals surface area (Å²) in [4.78, 5) is -0.0301. The lowest BCUT2D eigenvalue weighted by Crippen LogP contribution is -2.05. The molecule has 0 saturated heterocycles. The third kappa shape index (κ3) is 1.72. The molecule has 1 N–H and O–H groups in total. The van der Waals surface area contributed by atoms with Crippen molar-refractivity contribution in [3.05, 3.63) is 21.9 Å². The van der Waals surface area contributed by atoms with Gasteiger partial charge in [-0.15, -0.1) is 11.3 Å². The van der Waals surface area contributed by atoms with Crippen molar-refractivity contribution in [3.63, 3.8) is 0 Å². The van der Waals surface area contributed by atoms with Gasteiger partial charge in [0.15, 0.2) is 0 Å². The van der Waals surface area contributed by atoms with Crippen LogP contribution in [0.25, 0.3) is 0 Å². The molecule has 11 heavy (non-hydrogen) atoms. The van der Waals surface area contributed by atoms with Crippen molar-refractivity contribution in [2.24, 2.45) is 0 Å². The van der Waals surface area contributed by atoms with E-state index < -0.39 is 18.3 Å². The predicted octanol–water partition coefficient (Wildman–Crippen LogP) is 2.26. The first kappa shape index (κ1) is 8.55. The monoisotopic (exact) mass is 182 g/mol. The van der Waals surface area contributed by atoms with Gasteiger partial charge >= 0.3 is 6.18 Å². The lowest BCUT2D eigenvalue weighted by Gasteiger charge is -2.04. The van der Waals surface area contributed by atoms with Crippen LogP contribution in [0.4, 0.5) is 13.2 Å². The standard InChI is InChI=1S/C6H5F3OS/c7-6(8,9)4-1-2-11-5(4)3-10/h1-2,10H,3H2. The van der Waals surface area contributed by atoms with Crippen molar-refractivity contribution in [2.45, 2.75) is 12.8 Å². The summed E-state index contributed by atoms with van der Waals surface area (Å²) in [5, 5.41) is 9.79. The zero-order valence-electron chi connectivity index (χ0n) is 5.35. The zero-order chi connectivity index (χ0) is 8.48. The summed E-state index contributed by atoms with van der Waals surface area (Å²) >= 11 is 0.906. The van der Waals surface area contributed by atoms with Crippen molar-refractivity contribution in [1.29, 1.82) is 0 Å². The first-order chi connectivity index (χ1) is 5.05. The Balaban J connectivity index is 3.02. The smallest absolute Gasteiger partial charge is 0.391 e. The fraction of sp³-hybridized carbons (Fsp3) is 0.333. The van der Waals surface area contributed by atoms with Crippen LogP contribution in [0.5, 0.6) is 0 Å². The molecular formula is C6H5F3OS. The molecule has 0 aliphatic carbocycles. The number of halogens is 3. The molecule has 0 aromatic carbocycles. The molecule has 0 fully saturated rings. The van der Waals surface area contributed by atoms with E-state index in [4.69, 9.17) is 5.11 Å². The molecule has 62 valence electrons. The number of thiophene rings is 1. The molecule has 0 unspecified atom stereocenters. The summed E-state index contributed by atoms with van der Waals surface area (Å²) in [6.45, 7) is -0.549. The van der Waals surface area contributed by atoms with Gasteiger partial charge in [0.25, 0.3) is 0 Å². The second kappa shape index (κ2) is 2.83. The highest BCUT2D eigenvalue weighted by Gasteiger charge is 2.33. The van der Waals surface area contributed by atoms with Gasteiger partial charge in [-0.1, -0.05) is 0 Å². The van der Waals surface area contributed by atoms with E-state index in [0.29, 0.717) is 0 Å². The van der Waals surface area contributed by atoms with Gasteiger partial charge in [-0.25, -0.2) is 0 Å². The van der Waals surface area contributed by atoms with Gasteiger partial charge in [-0.05, 0) is 11.4 Å². The summed E-state index contributed by atoms with van der Waals surface area (Å²) in [6.07, 6.45) is -4.34. The van der Waals surface area contributed by atoms with Crippen LogP contribution in [-0.2, 0) is 12.8 Å². The van der Waals surface area contributed by atoms with Gasteiger partial charge in [-0.3, -0.25) is 0 Å². The van der Waals surface area contributed by atoms with E-state index in [1.54, 1.807) is 0 Å². The largest absolute Gasteiger partial charge is 0.417 e. The summed E-state index contributed by atoms with van der Waals surface area (Å²) in [5.74, 6) is 0. The topological polar surface area (TPSA) is 20.2 Å². The van der Waals surface area contributed by atoms with Gasteiger partial charge in [0.1, 0.15) is 0 Å². The van der Waals surface area contributed by atoms with Crippen molar-refractivity contribution in [2.75, 3.05) is 0 Å². The van der Waals surface area contributed by atoms with Crippen molar-refractivity contribution in [1.82, 2.24) is 0 Å². The highest BCUT2D eigenvalue weighted by atomic mass is 32.1. The third-order valence-electron chi connectivity index (χ3n) is 1.19. The molecule has 0 aliphatic rings. The molecule has 0 amide bonds. The van der Waals surface area contributed by atoms with Crippen molar-refractivity contribution >= 4 is 11.3 Å². The van der Waals surface area contributed by atoms with E-state index >= 15 is 0 Å². The van der Waals surface area contributed by atoms with E-state index in [1.807, 2.05) is 0 Å². The van der Waals surface area contributed by atoms with Gasteiger partial charge in [0, 0.05) is 4.88 Å². The molecule has 1 aromatic heterocycles. The highest BCUT2D eigenvalue weighted by molar-refractivity contribution is 7.10. The Bertz CT molecular complexity index is 240. The number of alkyl halides is 3. The minimum atomic E-state index is -4.34. The fourth-order valence-electron chi connectivity index (χ4n) is 0.716. The quantitative estimate of drug-likeness (QED) is 0.706. The summed E-state index contributed by atoms with van der Waals surface area (Å²) in [5.41, 5.74) is -0.731. The lowest BCUT2D eigenvalue weighted by molar-refractivity contribution is -0.138. The Morgan fingerprint density at radius 1 is 1.45 bits per heavy atom. The molecule has 1 nitrogen and oxygen atoms in total. The zero-order valence-corrected chi connectivity index (χ0v) is 6.17. The van der Waals surface area contributed by atoms with Crippen molar-refractivity contribution in [3.8, 4) is 0 Å². The third-order valence-corrected chi connectivity index (χ3v) is 2.10. The molecule has 5 heteroatoms. The van der Waals surface area contributed by atoms with Gasteiger partial charge in [0.2, 0.25) is 0 Å². The first-order valence-corrected chi connectivity index (χ1v) is 3.68. The van der Waals surface area contributed by atoms with Gasteiger partial charge in [0.05, 0.1) is 12.2 Å². The Hall–Kier alpha value is -0.550. The molecule has 1 aromatic rings. The maximum Gasteiger partial charge on any atom is 0.417 e. The average Bonchev–Trinajstić information content (AvgIpc) is 2.31. The minimum Gasteiger partial charge on any atom is -0.391 e. The van der Waals surface area contributed by atoms with Crippen LogP contribution in [0.1, 0.15) is 10.4 Å². The Kier molecular flexibility index (Phi) is 2.20. The van der Waals surface area contributed by atoms with Crippen LogP contribution >= 0.6 is 11.3 Å². The SMILES string of the molecule is OCc1sccc1C(F)(F)F. The van der Waals surface area contributed by atoms with Crippen LogP contribution < -0.4 is 0 Å². The van der Waals surface area contributed by atoms with E-state index in [2.05, 4.69) is 0 Å². The number of hydrogen-bond acceptors (Lipinski definition) is 2. The molecule has 0 aliphatic heterocycles. The first-order valence-electron chi connectivity index (χ1n) is 2.80. The number of aliphatic hydroxyl groups is 1. The van der Waals surface area contributed by atoms with E-state index in [-0.39, 0.29) is 4.88 Å². The Morgan fingerprint density at radius 3 is 2.45 bits per heavy atom. The maximum atomic E-state index is 12.0. The van der Waals surface area contributed by atoms with Crippen LogP contribution in [0.2, 0.25) is 0 Å². The summed E-state index contributed by atoms with van der Waals surface area (Å²) in [7, 11) is 0. The lowest BCUT2D eigenvalue weighted by atomic mass is 10.2. The second-order valence-corrected chi connectivity index (χ2v) is 2.91. The van der Waals surface area contributed by atoms with Crippen LogP contribution in [0.3, 0.4) is 0 Å². The molecule has 0 atom stereocenters. The summed E-state index contributed by atoms with van der Waals surface area (Å²) in [6, 6.07) is 0.968. The second-order valence-electron chi connectivity index (χ2n) is 1.91. The minimum absolute atomic E-state index is 0.0301. The van der Waals surface area contributed by atoms with Crippen LogP contribution in [-0.4, -0.2) is 5.11 Å². The molecular weight excluding hydrogens is 177 g/mol. The number of rotatable bonds is 1. The highest BCUT2D eigenvalue weighted by Crippen LogP contribution is 2.34. The van der Waals surface area contributed by atoms with Crippen LogP contribution in [0.15, 0.2) is 11.4 Å². The number of aliphatic hydroxyl groups excluding tert-OH is 1. The van der Waals surface area contributed by atoms with Crippen LogP contribution in [0, 0.1) is 0 Å².